The largest absolute Gasteiger partial charge is 0.487 e. The number of thiazole rings is 1. The molecule has 21 heavy (non-hydrogen) atoms. The predicted molar refractivity (Wildman–Crippen MR) is 83.0 cm³/mol. The zero-order valence-electron chi connectivity index (χ0n) is 11.9. The fraction of sp³-hybridized carbons (Fsp3) is 0.250. The van der Waals surface area contributed by atoms with Gasteiger partial charge in [-0.05, 0) is 31.0 Å². The monoisotopic (exact) mass is 301 g/mol. The van der Waals surface area contributed by atoms with Crippen LogP contribution in [0.4, 0.5) is 0 Å². The van der Waals surface area contributed by atoms with E-state index in [2.05, 4.69) is 4.98 Å². The Morgan fingerprint density at radius 2 is 2.19 bits per heavy atom. The highest BCUT2D eigenvalue weighted by atomic mass is 32.1. The normalized spacial score (nSPS) is 11.0. The van der Waals surface area contributed by atoms with E-state index in [0.29, 0.717) is 17.9 Å². The van der Waals surface area contributed by atoms with Gasteiger partial charge in [-0.25, -0.2) is 9.78 Å². The molecule has 0 N–H and O–H groups in total. The Morgan fingerprint density at radius 3 is 2.90 bits per heavy atom. The third-order valence-electron chi connectivity index (χ3n) is 3.24. The molecule has 3 rings (SSSR count). The highest BCUT2D eigenvalue weighted by Gasteiger charge is 2.06. The van der Waals surface area contributed by atoms with Gasteiger partial charge >= 0.3 is 5.63 Å². The van der Waals surface area contributed by atoms with Crippen molar-refractivity contribution >= 4 is 22.3 Å². The lowest BCUT2D eigenvalue weighted by Crippen LogP contribution is -2.00. The van der Waals surface area contributed by atoms with Crippen LogP contribution in [0.5, 0.6) is 5.75 Å². The number of fused-ring (bicyclic) bond motifs is 1. The quantitative estimate of drug-likeness (QED) is 0.689. The van der Waals surface area contributed by atoms with Crippen LogP contribution < -0.4 is 10.4 Å². The van der Waals surface area contributed by atoms with E-state index in [1.807, 2.05) is 31.4 Å². The van der Waals surface area contributed by atoms with Gasteiger partial charge in [-0.1, -0.05) is 6.92 Å². The van der Waals surface area contributed by atoms with Crippen LogP contribution in [0.25, 0.3) is 11.0 Å². The molecule has 108 valence electrons. The molecule has 2 heterocycles. The van der Waals surface area contributed by atoms with Gasteiger partial charge in [0.1, 0.15) is 17.9 Å². The summed E-state index contributed by atoms with van der Waals surface area (Å²) < 4.78 is 11.0. The molecule has 0 aliphatic heterocycles. The Labute approximate surface area is 126 Å². The van der Waals surface area contributed by atoms with E-state index < -0.39 is 0 Å². The first-order valence-electron chi connectivity index (χ1n) is 6.76. The summed E-state index contributed by atoms with van der Waals surface area (Å²) in [7, 11) is 0. The van der Waals surface area contributed by atoms with Crippen LogP contribution in [0.2, 0.25) is 0 Å². The van der Waals surface area contributed by atoms with Gasteiger partial charge in [-0.2, -0.15) is 0 Å². The summed E-state index contributed by atoms with van der Waals surface area (Å²) in [5.74, 6) is 0.671. The maximum absolute atomic E-state index is 11.5. The number of hydrogen-bond donors (Lipinski definition) is 0. The van der Waals surface area contributed by atoms with Crippen LogP contribution in [0.1, 0.15) is 23.2 Å². The summed E-state index contributed by atoms with van der Waals surface area (Å²) in [5, 5.41) is 3.95. The first-order valence-corrected chi connectivity index (χ1v) is 7.64. The molecule has 0 unspecified atom stereocenters. The third kappa shape index (κ3) is 2.97. The molecule has 3 aromatic rings. The maximum atomic E-state index is 11.5. The summed E-state index contributed by atoms with van der Waals surface area (Å²) in [6.07, 6.45) is 0.792. The van der Waals surface area contributed by atoms with Gasteiger partial charge in [-0.3, -0.25) is 0 Å². The Balaban J connectivity index is 1.88. The minimum Gasteiger partial charge on any atom is -0.487 e. The van der Waals surface area contributed by atoms with Crippen molar-refractivity contribution in [3.8, 4) is 5.75 Å². The molecule has 0 aliphatic rings. The fourth-order valence-electron chi connectivity index (χ4n) is 2.22. The molecule has 0 fully saturated rings. The lowest BCUT2D eigenvalue weighted by molar-refractivity contribution is 0.302. The van der Waals surface area contributed by atoms with Gasteiger partial charge in [-0.15, -0.1) is 11.3 Å². The number of benzene rings is 1. The first kappa shape index (κ1) is 13.8. The van der Waals surface area contributed by atoms with E-state index in [9.17, 15) is 4.79 Å². The highest BCUT2D eigenvalue weighted by molar-refractivity contribution is 7.09. The van der Waals surface area contributed by atoms with Crippen molar-refractivity contribution < 1.29 is 9.15 Å². The van der Waals surface area contributed by atoms with Crippen molar-refractivity contribution in [1.29, 1.82) is 0 Å². The lowest BCUT2D eigenvalue weighted by atomic mass is 10.1. The topological polar surface area (TPSA) is 52.3 Å². The van der Waals surface area contributed by atoms with Crippen LogP contribution in [0, 0.1) is 6.92 Å². The molecule has 0 radical (unpaired) electrons. The second-order valence-electron chi connectivity index (χ2n) is 4.75. The molecular formula is C16H15NO3S. The molecule has 2 aromatic heterocycles. The van der Waals surface area contributed by atoms with E-state index in [1.165, 1.54) is 0 Å². The van der Waals surface area contributed by atoms with Crippen molar-refractivity contribution in [3.63, 3.8) is 0 Å². The molecule has 5 heteroatoms. The van der Waals surface area contributed by atoms with Crippen molar-refractivity contribution in [1.82, 2.24) is 4.98 Å². The van der Waals surface area contributed by atoms with E-state index in [4.69, 9.17) is 9.15 Å². The van der Waals surface area contributed by atoms with E-state index in [1.54, 1.807) is 23.5 Å². The van der Waals surface area contributed by atoms with Crippen molar-refractivity contribution in [2.24, 2.45) is 0 Å². The Kier molecular flexibility index (Phi) is 3.75. The summed E-state index contributed by atoms with van der Waals surface area (Å²) in [5.41, 5.74) is 2.13. The summed E-state index contributed by atoms with van der Waals surface area (Å²) in [6.45, 7) is 4.39. The highest BCUT2D eigenvalue weighted by Crippen LogP contribution is 2.23. The number of aromatic nitrogens is 1. The average molecular weight is 301 g/mol. The SMILES string of the molecule is CCc1cc(=O)oc2cc(OCc3csc(C)n3)ccc12. The maximum Gasteiger partial charge on any atom is 0.336 e. The molecule has 1 aromatic carbocycles. The number of rotatable bonds is 4. The zero-order chi connectivity index (χ0) is 14.8. The molecule has 4 nitrogen and oxygen atoms in total. The number of aryl methyl sites for hydroxylation is 2. The second kappa shape index (κ2) is 5.69. The van der Waals surface area contributed by atoms with E-state index in [-0.39, 0.29) is 5.63 Å². The van der Waals surface area contributed by atoms with Crippen molar-refractivity contribution in [3.05, 3.63) is 56.3 Å². The number of hydrogen-bond acceptors (Lipinski definition) is 5. The lowest BCUT2D eigenvalue weighted by Gasteiger charge is -2.07. The third-order valence-corrected chi connectivity index (χ3v) is 4.06. The molecule has 0 bridgehead atoms. The average Bonchev–Trinajstić information content (AvgIpc) is 2.89. The molecular weight excluding hydrogens is 286 g/mol. The Morgan fingerprint density at radius 1 is 1.33 bits per heavy atom. The Hall–Kier alpha value is -2.14. The number of nitrogens with zero attached hydrogens (tertiary/aromatic N) is 1. The van der Waals surface area contributed by atoms with Crippen molar-refractivity contribution in [2.75, 3.05) is 0 Å². The molecule has 0 amide bonds. The van der Waals surface area contributed by atoms with Crippen molar-refractivity contribution in [2.45, 2.75) is 26.9 Å². The van der Waals surface area contributed by atoms with Crippen LogP contribution in [0.15, 0.2) is 38.9 Å². The van der Waals surface area contributed by atoms with Gasteiger partial charge in [0.2, 0.25) is 0 Å². The van der Waals surface area contributed by atoms with Crippen LogP contribution in [-0.4, -0.2) is 4.98 Å². The van der Waals surface area contributed by atoms with E-state index in [0.717, 1.165) is 28.1 Å². The van der Waals surface area contributed by atoms with Gasteiger partial charge < -0.3 is 9.15 Å². The van der Waals surface area contributed by atoms with Gasteiger partial charge in [0.25, 0.3) is 0 Å². The van der Waals surface area contributed by atoms with Gasteiger partial charge in [0, 0.05) is 22.9 Å². The molecule has 0 atom stereocenters. The Bertz CT molecular complexity index is 835. The standard InChI is InChI=1S/C16H15NO3S/c1-3-11-6-16(18)20-15-7-13(4-5-14(11)15)19-8-12-9-21-10(2)17-12/h4-7,9H,3,8H2,1-2H3. The number of ether oxygens (including phenoxy) is 1. The summed E-state index contributed by atoms with van der Waals surface area (Å²) in [4.78, 5) is 15.9. The fourth-order valence-corrected chi connectivity index (χ4v) is 2.82. The predicted octanol–water partition coefficient (Wildman–Crippen LogP) is 3.70. The summed E-state index contributed by atoms with van der Waals surface area (Å²) >= 11 is 1.60. The summed E-state index contributed by atoms with van der Waals surface area (Å²) in [6, 6.07) is 7.12. The van der Waals surface area contributed by atoms with Gasteiger partial charge in [0.05, 0.1) is 10.7 Å². The molecule has 0 spiro atoms. The van der Waals surface area contributed by atoms with Crippen LogP contribution in [-0.2, 0) is 13.0 Å². The minimum absolute atomic E-state index is 0.327. The van der Waals surface area contributed by atoms with E-state index >= 15 is 0 Å². The second-order valence-corrected chi connectivity index (χ2v) is 5.81. The minimum atomic E-state index is -0.327. The molecule has 0 aliphatic carbocycles. The van der Waals surface area contributed by atoms with Crippen LogP contribution in [0.3, 0.4) is 0 Å². The first-order chi connectivity index (χ1) is 10.2. The molecule has 0 saturated carbocycles. The van der Waals surface area contributed by atoms with Gasteiger partial charge in [0.15, 0.2) is 0 Å². The zero-order valence-corrected chi connectivity index (χ0v) is 12.7. The smallest absolute Gasteiger partial charge is 0.336 e. The molecule has 0 saturated heterocycles. The van der Waals surface area contributed by atoms with Crippen LogP contribution >= 0.6 is 11.3 Å².